The summed E-state index contributed by atoms with van der Waals surface area (Å²) in [4.78, 5) is 4.13. The van der Waals surface area contributed by atoms with E-state index in [-0.39, 0.29) is 0 Å². The zero-order valence-corrected chi connectivity index (χ0v) is 8.51. The SMILES string of the molecule is CNCC1CCCn2c1cnc2Cl. The number of rotatable bonds is 2. The van der Waals surface area contributed by atoms with Crippen LogP contribution in [0, 0.1) is 0 Å². The maximum atomic E-state index is 5.95. The van der Waals surface area contributed by atoms with Crippen LogP contribution in [-0.2, 0) is 6.54 Å². The van der Waals surface area contributed by atoms with Gasteiger partial charge in [0.1, 0.15) is 0 Å². The van der Waals surface area contributed by atoms with E-state index in [2.05, 4.69) is 14.9 Å². The van der Waals surface area contributed by atoms with Crippen molar-refractivity contribution < 1.29 is 0 Å². The molecule has 1 atom stereocenters. The Hall–Kier alpha value is -0.540. The normalized spacial score (nSPS) is 21.5. The number of hydrogen-bond acceptors (Lipinski definition) is 2. The number of nitrogens with zero attached hydrogens (tertiary/aromatic N) is 2. The van der Waals surface area contributed by atoms with Crippen molar-refractivity contribution in [2.45, 2.75) is 25.3 Å². The Bertz CT molecular complexity index is 295. The molecular weight excluding hydrogens is 186 g/mol. The molecule has 0 fully saturated rings. The van der Waals surface area contributed by atoms with Gasteiger partial charge < -0.3 is 9.88 Å². The zero-order valence-electron chi connectivity index (χ0n) is 7.76. The van der Waals surface area contributed by atoms with Crippen LogP contribution in [-0.4, -0.2) is 23.1 Å². The monoisotopic (exact) mass is 199 g/mol. The molecule has 1 aromatic heterocycles. The van der Waals surface area contributed by atoms with E-state index in [0.717, 1.165) is 13.1 Å². The van der Waals surface area contributed by atoms with Gasteiger partial charge in [0.25, 0.3) is 0 Å². The predicted molar refractivity (Wildman–Crippen MR) is 53.1 cm³/mol. The largest absolute Gasteiger partial charge is 0.319 e. The summed E-state index contributed by atoms with van der Waals surface area (Å²) in [6.07, 6.45) is 4.35. The zero-order chi connectivity index (χ0) is 9.26. The molecule has 0 spiro atoms. The predicted octanol–water partition coefficient (Wildman–Crippen LogP) is 1.63. The van der Waals surface area contributed by atoms with Gasteiger partial charge in [-0.05, 0) is 31.5 Å². The van der Waals surface area contributed by atoms with Crippen molar-refractivity contribution in [3.8, 4) is 0 Å². The summed E-state index contributed by atoms with van der Waals surface area (Å²) in [6.45, 7) is 2.04. The molecule has 0 aliphatic carbocycles. The highest BCUT2D eigenvalue weighted by Crippen LogP contribution is 2.28. The van der Waals surface area contributed by atoms with E-state index in [1.807, 2.05) is 13.2 Å². The topological polar surface area (TPSA) is 29.9 Å². The summed E-state index contributed by atoms with van der Waals surface area (Å²) in [5.74, 6) is 0.582. The molecule has 2 rings (SSSR count). The van der Waals surface area contributed by atoms with E-state index in [1.165, 1.54) is 18.5 Å². The van der Waals surface area contributed by atoms with E-state index < -0.39 is 0 Å². The van der Waals surface area contributed by atoms with Crippen molar-refractivity contribution in [1.82, 2.24) is 14.9 Å². The lowest BCUT2D eigenvalue weighted by Gasteiger charge is -2.24. The first-order valence-electron chi connectivity index (χ1n) is 4.68. The average molecular weight is 200 g/mol. The summed E-state index contributed by atoms with van der Waals surface area (Å²) >= 11 is 5.95. The van der Waals surface area contributed by atoms with Crippen molar-refractivity contribution in [3.05, 3.63) is 17.2 Å². The highest BCUT2D eigenvalue weighted by Gasteiger charge is 2.21. The molecule has 1 aliphatic rings. The van der Waals surface area contributed by atoms with Crippen LogP contribution in [0.3, 0.4) is 0 Å². The van der Waals surface area contributed by atoms with E-state index in [0.29, 0.717) is 11.2 Å². The lowest BCUT2D eigenvalue weighted by molar-refractivity contribution is 0.443. The molecule has 1 unspecified atom stereocenters. The van der Waals surface area contributed by atoms with Crippen LogP contribution < -0.4 is 5.32 Å². The first-order valence-corrected chi connectivity index (χ1v) is 5.06. The lowest BCUT2D eigenvalue weighted by Crippen LogP contribution is -2.23. The Morgan fingerprint density at radius 2 is 2.62 bits per heavy atom. The van der Waals surface area contributed by atoms with Gasteiger partial charge in [-0.15, -0.1) is 0 Å². The van der Waals surface area contributed by atoms with Crippen LogP contribution in [0.5, 0.6) is 0 Å². The fourth-order valence-electron chi connectivity index (χ4n) is 2.01. The van der Waals surface area contributed by atoms with E-state index in [1.54, 1.807) is 0 Å². The third-order valence-electron chi connectivity index (χ3n) is 2.64. The number of nitrogens with one attached hydrogen (secondary N) is 1. The van der Waals surface area contributed by atoms with Gasteiger partial charge in [0.15, 0.2) is 0 Å². The highest BCUT2D eigenvalue weighted by atomic mass is 35.5. The van der Waals surface area contributed by atoms with Gasteiger partial charge in [0.05, 0.1) is 6.20 Å². The molecule has 0 aromatic carbocycles. The molecule has 0 radical (unpaired) electrons. The standard InChI is InChI=1S/C9H14ClN3/c1-11-5-7-3-2-4-13-8(7)6-12-9(13)10/h6-7,11H,2-5H2,1H3. The minimum Gasteiger partial charge on any atom is -0.319 e. The van der Waals surface area contributed by atoms with Crippen LogP contribution >= 0.6 is 11.6 Å². The van der Waals surface area contributed by atoms with Crippen LogP contribution in [0.4, 0.5) is 0 Å². The van der Waals surface area contributed by atoms with Crippen LogP contribution in [0.25, 0.3) is 0 Å². The van der Waals surface area contributed by atoms with Crippen LogP contribution in [0.1, 0.15) is 24.5 Å². The Balaban J connectivity index is 2.27. The van der Waals surface area contributed by atoms with E-state index in [4.69, 9.17) is 11.6 Å². The summed E-state index contributed by atoms with van der Waals surface area (Å²) in [5.41, 5.74) is 1.28. The fraction of sp³-hybridized carbons (Fsp3) is 0.667. The lowest BCUT2D eigenvalue weighted by atomic mass is 9.96. The smallest absolute Gasteiger partial charge is 0.202 e. The van der Waals surface area contributed by atoms with Crippen molar-refractivity contribution in [1.29, 1.82) is 0 Å². The Morgan fingerprint density at radius 1 is 1.77 bits per heavy atom. The van der Waals surface area contributed by atoms with Crippen LogP contribution in [0.2, 0.25) is 5.28 Å². The molecule has 72 valence electrons. The van der Waals surface area contributed by atoms with E-state index in [9.17, 15) is 0 Å². The second-order valence-electron chi connectivity index (χ2n) is 3.50. The molecule has 1 N–H and O–H groups in total. The Kier molecular flexibility index (Phi) is 2.56. The molecule has 0 amide bonds. The number of hydrogen-bond donors (Lipinski definition) is 1. The fourth-order valence-corrected chi connectivity index (χ4v) is 2.24. The van der Waals surface area contributed by atoms with E-state index >= 15 is 0 Å². The van der Waals surface area contributed by atoms with Gasteiger partial charge >= 0.3 is 0 Å². The number of likely N-dealkylation sites (N-methyl/N-ethyl adjacent to an activating group) is 1. The first-order chi connectivity index (χ1) is 6.33. The molecule has 2 heterocycles. The molecule has 1 aliphatic heterocycles. The van der Waals surface area contributed by atoms with Gasteiger partial charge in [0, 0.05) is 24.7 Å². The molecule has 0 bridgehead atoms. The second-order valence-corrected chi connectivity index (χ2v) is 3.84. The third kappa shape index (κ3) is 1.58. The number of fused-ring (bicyclic) bond motifs is 1. The molecule has 1 aromatic rings. The van der Waals surface area contributed by atoms with Gasteiger partial charge in [-0.25, -0.2) is 4.98 Å². The molecule has 4 heteroatoms. The maximum Gasteiger partial charge on any atom is 0.202 e. The minimum atomic E-state index is 0.582. The third-order valence-corrected chi connectivity index (χ3v) is 2.94. The summed E-state index contributed by atoms with van der Waals surface area (Å²) < 4.78 is 2.12. The molecule has 0 saturated carbocycles. The Labute approximate surface area is 83.1 Å². The second kappa shape index (κ2) is 3.68. The summed E-state index contributed by atoms with van der Waals surface area (Å²) in [6, 6.07) is 0. The van der Waals surface area contributed by atoms with Gasteiger partial charge in [-0.2, -0.15) is 0 Å². The van der Waals surface area contributed by atoms with Crippen molar-refractivity contribution in [2.75, 3.05) is 13.6 Å². The summed E-state index contributed by atoms with van der Waals surface area (Å²) in [7, 11) is 1.98. The van der Waals surface area contributed by atoms with Crippen molar-refractivity contribution in [2.24, 2.45) is 0 Å². The summed E-state index contributed by atoms with van der Waals surface area (Å²) in [5, 5.41) is 3.84. The van der Waals surface area contributed by atoms with Crippen LogP contribution in [0.15, 0.2) is 6.20 Å². The molecule has 3 nitrogen and oxygen atoms in total. The highest BCUT2D eigenvalue weighted by molar-refractivity contribution is 6.28. The van der Waals surface area contributed by atoms with Crippen molar-refractivity contribution in [3.63, 3.8) is 0 Å². The van der Waals surface area contributed by atoms with Gasteiger partial charge in [0.2, 0.25) is 5.28 Å². The van der Waals surface area contributed by atoms with Crippen molar-refractivity contribution >= 4 is 11.6 Å². The maximum absolute atomic E-state index is 5.95. The number of aromatic nitrogens is 2. The first kappa shape index (κ1) is 9.03. The quantitative estimate of drug-likeness (QED) is 0.785. The molecular formula is C9H14ClN3. The number of halogens is 1. The Morgan fingerprint density at radius 3 is 3.38 bits per heavy atom. The average Bonchev–Trinajstić information content (AvgIpc) is 2.50. The van der Waals surface area contributed by atoms with Gasteiger partial charge in [-0.3, -0.25) is 0 Å². The van der Waals surface area contributed by atoms with Gasteiger partial charge in [-0.1, -0.05) is 0 Å². The molecule has 0 saturated heterocycles. The minimum absolute atomic E-state index is 0.582. The number of imidazole rings is 1. The molecule has 13 heavy (non-hydrogen) atoms.